The lowest BCUT2D eigenvalue weighted by Crippen LogP contribution is -2.49. The fraction of sp³-hybridized carbons (Fsp3) is 0.667. The minimum absolute atomic E-state index is 0.359. The standard InChI is InChI=1S/C21H30F3N3O3/c1-16-13-18(14-26-9-11-29-12-10-26)3-4-19(16)15-25-5-7-27(8-6-25)20(28)30-17(2)21(22,23)24/h3-4,13,17H,5-12,14-15H2,1-2H3. The molecular weight excluding hydrogens is 399 g/mol. The molecule has 6 nitrogen and oxygen atoms in total. The van der Waals surface area contributed by atoms with E-state index < -0.39 is 18.4 Å². The number of carbonyl (C=O) groups excluding carboxylic acids is 1. The van der Waals surface area contributed by atoms with Crippen molar-refractivity contribution in [2.75, 3.05) is 52.5 Å². The van der Waals surface area contributed by atoms with E-state index in [0.29, 0.717) is 26.2 Å². The number of carbonyl (C=O) groups is 1. The van der Waals surface area contributed by atoms with E-state index in [1.807, 2.05) is 0 Å². The molecule has 9 heteroatoms. The number of nitrogens with zero attached hydrogens (tertiary/aromatic N) is 3. The molecule has 0 saturated carbocycles. The predicted molar refractivity (Wildman–Crippen MR) is 106 cm³/mol. The van der Waals surface area contributed by atoms with E-state index >= 15 is 0 Å². The molecule has 1 aromatic rings. The molecule has 0 spiro atoms. The minimum atomic E-state index is -4.54. The van der Waals surface area contributed by atoms with Gasteiger partial charge in [0.2, 0.25) is 0 Å². The first-order chi connectivity index (χ1) is 14.2. The quantitative estimate of drug-likeness (QED) is 0.720. The number of halogens is 3. The summed E-state index contributed by atoms with van der Waals surface area (Å²) in [5, 5.41) is 0. The number of ether oxygens (including phenoxy) is 2. The van der Waals surface area contributed by atoms with Gasteiger partial charge in [0, 0.05) is 52.4 Å². The van der Waals surface area contributed by atoms with Crippen LogP contribution >= 0.6 is 0 Å². The maximum atomic E-state index is 12.6. The smallest absolute Gasteiger partial charge is 0.425 e. The van der Waals surface area contributed by atoms with Crippen molar-refractivity contribution in [1.29, 1.82) is 0 Å². The van der Waals surface area contributed by atoms with Crippen molar-refractivity contribution in [1.82, 2.24) is 14.7 Å². The van der Waals surface area contributed by atoms with E-state index in [4.69, 9.17) is 4.74 Å². The minimum Gasteiger partial charge on any atom is -0.437 e. The maximum absolute atomic E-state index is 12.6. The molecule has 168 valence electrons. The summed E-state index contributed by atoms with van der Waals surface area (Å²) in [5.41, 5.74) is 3.73. The topological polar surface area (TPSA) is 45.2 Å². The van der Waals surface area contributed by atoms with E-state index in [9.17, 15) is 18.0 Å². The Hall–Kier alpha value is -1.84. The van der Waals surface area contributed by atoms with Gasteiger partial charge < -0.3 is 14.4 Å². The van der Waals surface area contributed by atoms with Crippen LogP contribution in [0.1, 0.15) is 23.6 Å². The van der Waals surface area contributed by atoms with Crippen LogP contribution in [0.15, 0.2) is 18.2 Å². The molecule has 2 saturated heterocycles. The van der Waals surface area contributed by atoms with Crippen LogP contribution in [-0.4, -0.2) is 85.6 Å². The van der Waals surface area contributed by atoms with E-state index in [1.165, 1.54) is 21.6 Å². The number of piperazine rings is 1. The summed E-state index contributed by atoms with van der Waals surface area (Å²) in [5.74, 6) is 0. The zero-order valence-electron chi connectivity index (χ0n) is 17.6. The van der Waals surface area contributed by atoms with Gasteiger partial charge in [-0.3, -0.25) is 9.80 Å². The molecule has 3 rings (SSSR count). The van der Waals surface area contributed by atoms with Crippen LogP contribution < -0.4 is 0 Å². The van der Waals surface area contributed by atoms with Gasteiger partial charge in [-0.15, -0.1) is 0 Å². The summed E-state index contributed by atoms with van der Waals surface area (Å²) in [6.07, 6.45) is -7.53. The number of hydrogen-bond donors (Lipinski definition) is 0. The molecule has 0 N–H and O–H groups in total. The molecule has 1 aromatic carbocycles. The van der Waals surface area contributed by atoms with Gasteiger partial charge in [-0.2, -0.15) is 13.2 Å². The van der Waals surface area contributed by atoms with Crippen molar-refractivity contribution in [2.24, 2.45) is 0 Å². The van der Waals surface area contributed by atoms with Crippen LogP contribution in [0.2, 0.25) is 0 Å². The summed E-state index contributed by atoms with van der Waals surface area (Å²) in [7, 11) is 0. The van der Waals surface area contributed by atoms with Gasteiger partial charge in [0.15, 0.2) is 6.10 Å². The average molecular weight is 429 g/mol. The first-order valence-electron chi connectivity index (χ1n) is 10.4. The molecule has 2 aliphatic rings. The zero-order valence-corrected chi connectivity index (χ0v) is 17.6. The molecule has 1 amide bonds. The number of rotatable bonds is 5. The molecule has 0 bridgehead atoms. The summed E-state index contributed by atoms with van der Waals surface area (Å²) in [6.45, 7) is 10.0. The van der Waals surface area contributed by atoms with Crippen LogP contribution in [0.25, 0.3) is 0 Å². The van der Waals surface area contributed by atoms with Gasteiger partial charge in [0.05, 0.1) is 13.2 Å². The largest absolute Gasteiger partial charge is 0.437 e. The molecule has 0 radical (unpaired) electrons. The van der Waals surface area contributed by atoms with E-state index in [0.717, 1.165) is 46.3 Å². The lowest BCUT2D eigenvalue weighted by molar-refractivity contribution is -0.200. The Morgan fingerprint density at radius 3 is 2.30 bits per heavy atom. The average Bonchev–Trinajstić information content (AvgIpc) is 2.70. The molecular formula is C21H30F3N3O3. The van der Waals surface area contributed by atoms with Crippen LogP contribution in [0.3, 0.4) is 0 Å². The number of hydrogen-bond acceptors (Lipinski definition) is 5. The Kier molecular flexibility index (Phi) is 7.60. The molecule has 2 fully saturated rings. The van der Waals surface area contributed by atoms with Crippen molar-refractivity contribution in [2.45, 2.75) is 39.2 Å². The van der Waals surface area contributed by atoms with Crippen molar-refractivity contribution >= 4 is 6.09 Å². The highest BCUT2D eigenvalue weighted by molar-refractivity contribution is 5.68. The third-order valence-corrected chi connectivity index (χ3v) is 5.68. The lowest BCUT2D eigenvalue weighted by atomic mass is 10.0. The summed E-state index contributed by atoms with van der Waals surface area (Å²) < 4.78 is 47.6. The highest BCUT2D eigenvalue weighted by Gasteiger charge is 2.40. The number of aryl methyl sites for hydroxylation is 1. The van der Waals surface area contributed by atoms with Crippen LogP contribution in [0.4, 0.5) is 18.0 Å². The molecule has 2 aliphatic heterocycles. The van der Waals surface area contributed by atoms with Gasteiger partial charge in [-0.05, 0) is 30.5 Å². The van der Waals surface area contributed by atoms with Gasteiger partial charge in [-0.1, -0.05) is 18.2 Å². The third kappa shape index (κ3) is 6.33. The predicted octanol–water partition coefficient (Wildman–Crippen LogP) is 3.03. The lowest BCUT2D eigenvalue weighted by Gasteiger charge is -2.35. The fourth-order valence-electron chi connectivity index (χ4n) is 3.67. The second-order valence-corrected chi connectivity index (χ2v) is 7.98. The highest BCUT2D eigenvalue weighted by Crippen LogP contribution is 2.23. The normalized spacial score (nSPS) is 20.2. The van der Waals surface area contributed by atoms with Gasteiger partial charge >= 0.3 is 12.3 Å². The third-order valence-electron chi connectivity index (χ3n) is 5.68. The molecule has 1 unspecified atom stereocenters. The van der Waals surface area contributed by atoms with Crippen molar-refractivity contribution in [3.05, 3.63) is 34.9 Å². The van der Waals surface area contributed by atoms with E-state index in [1.54, 1.807) is 0 Å². The van der Waals surface area contributed by atoms with Crippen LogP contribution in [0.5, 0.6) is 0 Å². The fourth-order valence-corrected chi connectivity index (χ4v) is 3.67. The maximum Gasteiger partial charge on any atom is 0.425 e. The molecule has 30 heavy (non-hydrogen) atoms. The molecule has 0 aliphatic carbocycles. The van der Waals surface area contributed by atoms with Gasteiger partial charge in [0.1, 0.15) is 0 Å². The summed E-state index contributed by atoms with van der Waals surface area (Å²) in [4.78, 5) is 17.9. The van der Waals surface area contributed by atoms with Crippen LogP contribution in [-0.2, 0) is 22.6 Å². The first-order valence-corrected chi connectivity index (χ1v) is 10.4. The van der Waals surface area contributed by atoms with Crippen molar-refractivity contribution in [3.63, 3.8) is 0 Å². The molecule has 0 aromatic heterocycles. The van der Waals surface area contributed by atoms with Gasteiger partial charge in [-0.25, -0.2) is 4.79 Å². The Morgan fingerprint density at radius 2 is 1.70 bits per heavy atom. The van der Waals surface area contributed by atoms with Crippen molar-refractivity contribution in [3.8, 4) is 0 Å². The van der Waals surface area contributed by atoms with Crippen LogP contribution in [0, 0.1) is 6.92 Å². The van der Waals surface area contributed by atoms with Crippen molar-refractivity contribution < 1.29 is 27.4 Å². The molecule has 1 atom stereocenters. The Labute approximate surface area is 175 Å². The SMILES string of the molecule is Cc1cc(CN2CCOCC2)ccc1CN1CCN(C(=O)OC(C)C(F)(F)F)CC1. The number of alkyl halides is 3. The highest BCUT2D eigenvalue weighted by atomic mass is 19.4. The second-order valence-electron chi connectivity index (χ2n) is 7.98. The van der Waals surface area contributed by atoms with Gasteiger partial charge in [0.25, 0.3) is 0 Å². The monoisotopic (exact) mass is 429 g/mol. The molecule has 2 heterocycles. The summed E-state index contributed by atoms with van der Waals surface area (Å²) >= 11 is 0. The Balaban J connectivity index is 1.47. The Morgan fingerprint density at radius 1 is 1.07 bits per heavy atom. The second kappa shape index (κ2) is 9.98. The number of benzene rings is 1. The number of amides is 1. The Bertz CT molecular complexity index is 715. The summed E-state index contributed by atoms with van der Waals surface area (Å²) in [6, 6.07) is 6.53. The number of morpholine rings is 1. The van der Waals surface area contributed by atoms with E-state index in [2.05, 4.69) is 39.7 Å². The first kappa shape index (κ1) is 22.8. The zero-order chi connectivity index (χ0) is 21.7. The van der Waals surface area contributed by atoms with E-state index in [-0.39, 0.29) is 0 Å².